The highest BCUT2D eigenvalue weighted by atomic mass is 19.4. The summed E-state index contributed by atoms with van der Waals surface area (Å²) in [5.74, 6) is -2.00. The molecule has 1 heterocycles. The molecule has 1 saturated heterocycles. The molecular formula is C15H25F3N2O. The van der Waals surface area contributed by atoms with Crippen molar-refractivity contribution in [2.24, 2.45) is 17.3 Å². The first-order valence-corrected chi connectivity index (χ1v) is 7.78. The normalized spacial score (nSPS) is 33.5. The van der Waals surface area contributed by atoms with Crippen molar-refractivity contribution in [2.75, 3.05) is 13.1 Å². The van der Waals surface area contributed by atoms with E-state index in [1.54, 1.807) is 0 Å². The molecule has 0 bridgehead atoms. The van der Waals surface area contributed by atoms with Gasteiger partial charge in [-0.1, -0.05) is 20.3 Å². The zero-order chi connectivity index (χ0) is 15.7. The van der Waals surface area contributed by atoms with Crippen LogP contribution in [0.15, 0.2) is 0 Å². The van der Waals surface area contributed by atoms with Crippen molar-refractivity contribution in [3.05, 3.63) is 0 Å². The molecule has 21 heavy (non-hydrogen) atoms. The summed E-state index contributed by atoms with van der Waals surface area (Å²) >= 11 is 0. The van der Waals surface area contributed by atoms with Gasteiger partial charge in [-0.2, -0.15) is 13.2 Å². The Labute approximate surface area is 124 Å². The van der Waals surface area contributed by atoms with Crippen molar-refractivity contribution in [3.63, 3.8) is 0 Å². The van der Waals surface area contributed by atoms with Crippen LogP contribution in [-0.2, 0) is 4.79 Å². The highest BCUT2D eigenvalue weighted by Gasteiger charge is 2.44. The zero-order valence-corrected chi connectivity index (χ0v) is 12.7. The zero-order valence-electron chi connectivity index (χ0n) is 12.7. The summed E-state index contributed by atoms with van der Waals surface area (Å²) in [5, 5.41) is 6.29. The van der Waals surface area contributed by atoms with Gasteiger partial charge >= 0.3 is 6.18 Å². The molecule has 0 aromatic heterocycles. The first kappa shape index (κ1) is 16.6. The maximum atomic E-state index is 12.8. The van der Waals surface area contributed by atoms with Crippen LogP contribution in [0.4, 0.5) is 13.2 Å². The van der Waals surface area contributed by atoms with Crippen molar-refractivity contribution in [2.45, 2.75) is 58.2 Å². The molecule has 0 spiro atoms. The minimum absolute atomic E-state index is 0.0394. The van der Waals surface area contributed by atoms with Crippen molar-refractivity contribution in [3.8, 4) is 0 Å². The summed E-state index contributed by atoms with van der Waals surface area (Å²) in [5.41, 5.74) is -0.0635. The van der Waals surface area contributed by atoms with Gasteiger partial charge in [0.05, 0.1) is 5.92 Å². The fraction of sp³-hybridized carbons (Fsp3) is 0.933. The number of carbonyl (C=O) groups is 1. The molecule has 3 atom stereocenters. The van der Waals surface area contributed by atoms with Crippen molar-refractivity contribution < 1.29 is 18.0 Å². The van der Waals surface area contributed by atoms with Crippen LogP contribution < -0.4 is 10.6 Å². The summed E-state index contributed by atoms with van der Waals surface area (Å²) in [6.45, 7) is 5.80. The fourth-order valence-corrected chi connectivity index (χ4v) is 3.45. The standard InChI is InChI=1S/C15H25F3N2O/c1-14(2)9-19-7-6-12(14)20-13(21)10-4-3-5-11(8-10)15(16,17)18/h10-12,19H,3-9H2,1-2H3,(H,20,21). The number of hydrogen-bond acceptors (Lipinski definition) is 2. The molecule has 1 saturated carbocycles. The van der Waals surface area contributed by atoms with Crippen molar-refractivity contribution in [1.29, 1.82) is 0 Å². The number of rotatable bonds is 2. The molecule has 0 radical (unpaired) electrons. The summed E-state index contributed by atoms with van der Waals surface area (Å²) in [7, 11) is 0. The number of nitrogens with one attached hydrogen (secondary N) is 2. The highest BCUT2D eigenvalue weighted by Crippen LogP contribution is 2.40. The quantitative estimate of drug-likeness (QED) is 0.823. The SMILES string of the molecule is CC1(C)CNCCC1NC(=O)C1CCCC(C(F)(F)F)C1. The Bertz CT molecular complexity index is 382. The number of piperidine rings is 1. The van der Waals surface area contributed by atoms with Crippen LogP contribution in [-0.4, -0.2) is 31.2 Å². The average molecular weight is 306 g/mol. The second-order valence-corrected chi connectivity index (χ2v) is 7.12. The molecular weight excluding hydrogens is 281 g/mol. The van der Waals surface area contributed by atoms with Crippen LogP contribution in [0.2, 0.25) is 0 Å². The minimum atomic E-state index is -4.17. The largest absolute Gasteiger partial charge is 0.391 e. The van der Waals surface area contributed by atoms with E-state index >= 15 is 0 Å². The third kappa shape index (κ3) is 4.11. The second-order valence-electron chi connectivity index (χ2n) is 7.12. The summed E-state index contributed by atoms with van der Waals surface area (Å²) < 4.78 is 38.5. The van der Waals surface area contributed by atoms with E-state index < -0.39 is 18.0 Å². The molecule has 2 fully saturated rings. The molecule has 6 heteroatoms. The van der Waals surface area contributed by atoms with E-state index in [9.17, 15) is 18.0 Å². The average Bonchev–Trinajstić information content (AvgIpc) is 2.40. The monoisotopic (exact) mass is 306 g/mol. The van der Waals surface area contributed by atoms with Gasteiger partial charge in [0, 0.05) is 18.5 Å². The van der Waals surface area contributed by atoms with Gasteiger partial charge in [0.15, 0.2) is 0 Å². The molecule has 3 unspecified atom stereocenters. The van der Waals surface area contributed by atoms with Gasteiger partial charge in [0.25, 0.3) is 0 Å². The molecule has 2 aliphatic rings. The molecule has 0 aromatic rings. The molecule has 2 rings (SSSR count). The van der Waals surface area contributed by atoms with Gasteiger partial charge in [-0.25, -0.2) is 0 Å². The predicted octanol–water partition coefficient (Wildman–Crippen LogP) is 2.86. The highest BCUT2D eigenvalue weighted by molar-refractivity contribution is 5.79. The van der Waals surface area contributed by atoms with Gasteiger partial charge in [-0.05, 0) is 37.6 Å². The van der Waals surface area contributed by atoms with Gasteiger partial charge in [-0.15, -0.1) is 0 Å². The van der Waals surface area contributed by atoms with Gasteiger partial charge in [-0.3, -0.25) is 4.79 Å². The number of alkyl halides is 3. The first-order valence-electron chi connectivity index (χ1n) is 7.78. The van der Waals surface area contributed by atoms with E-state index in [-0.39, 0.29) is 30.2 Å². The van der Waals surface area contributed by atoms with E-state index in [4.69, 9.17) is 0 Å². The van der Waals surface area contributed by atoms with Crippen LogP contribution in [0.1, 0.15) is 46.0 Å². The molecule has 1 amide bonds. The maximum Gasteiger partial charge on any atom is 0.391 e. The lowest BCUT2D eigenvalue weighted by atomic mass is 9.78. The Balaban J connectivity index is 1.93. The Hall–Kier alpha value is -0.780. The Morgan fingerprint density at radius 2 is 1.95 bits per heavy atom. The van der Waals surface area contributed by atoms with E-state index in [1.807, 2.05) is 0 Å². The fourth-order valence-electron chi connectivity index (χ4n) is 3.45. The van der Waals surface area contributed by atoms with Crippen LogP contribution >= 0.6 is 0 Å². The van der Waals surface area contributed by atoms with Crippen LogP contribution in [0.5, 0.6) is 0 Å². The third-order valence-electron chi connectivity index (χ3n) is 4.96. The number of carbonyl (C=O) groups excluding carboxylic acids is 1. The second kappa shape index (κ2) is 6.15. The molecule has 1 aliphatic carbocycles. The Morgan fingerprint density at radius 1 is 1.24 bits per heavy atom. The smallest absolute Gasteiger partial charge is 0.352 e. The maximum absolute atomic E-state index is 12.8. The predicted molar refractivity (Wildman–Crippen MR) is 74.7 cm³/mol. The van der Waals surface area contributed by atoms with Gasteiger partial charge in [0.2, 0.25) is 5.91 Å². The topological polar surface area (TPSA) is 41.1 Å². The summed E-state index contributed by atoms with van der Waals surface area (Å²) in [6.07, 6.45) is -2.18. The van der Waals surface area contributed by atoms with Crippen LogP contribution in [0, 0.1) is 17.3 Å². The lowest BCUT2D eigenvalue weighted by Gasteiger charge is -2.40. The molecule has 2 N–H and O–H groups in total. The Kier molecular flexibility index (Phi) is 4.85. The molecule has 3 nitrogen and oxygen atoms in total. The van der Waals surface area contributed by atoms with E-state index in [0.29, 0.717) is 12.8 Å². The van der Waals surface area contributed by atoms with E-state index in [1.165, 1.54) is 0 Å². The minimum Gasteiger partial charge on any atom is -0.352 e. The van der Waals surface area contributed by atoms with Gasteiger partial charge < -0.3 is 10.6 Å². The molecule has 0 aromatic carbocycles. The van der Waals surface area contributed by atoms with Crippen LogP contribution in [0.3, 0.4) is 0 Å². The molecule has 122 valence electrons. The third-order valence-corrected chi connectivity index (χ3v) is 4.96. The summed E-state index contributed by atoms with van der Waals surface area (Å²) in [6, 6.07) is 0.0394. The summed E-state index contributed by atoms with van der Waals surface area (Å²) in [4.78, 5) is 12.3. The number of hydrogen-bond donors (Lipinski definition) is 2. The van der Waals surface area contributed by atoms with E-state index in [2.05, 4.69) is 24.5 Å². The number of halogens is 3. The van der Waals surface area contributed by atoms with Gasteiger partial charge in [0.1, 0.15) is 0 Å². The Morgan fingerprint density at radius 3 is 2.57 bits per heavy atom. The van der Waals surface area contributed by atoms with E-state index in [0.717, 1.165) is 19.5 Å². The molecule has 1 aliphatic heterocycles. The first-order chi connectivity index (χ1) is 9.70. The van der Waals surface area contributed by atoms with Crippen molar-refractivity contribution in [1.82, 2.24) is 10.6 Å². The van der Waals surface area contributed by atoms with Crippen LogP contribution in [0.25, 0.3) is 0 Å². The lowest BCUT2D eigenvalue weighted by molar-refractivity contribution is -0.186. The number of amides is 1. The lowest BCUT2D eigenvalue weighted by Crippen LogP contribution is -2.55. The van der Waals surface area contributed by atoms with Crippen molar-refractivity contribution >= 4 is 5.91 Å².